The van der Waals surface area contributed by atoms with Gasteiger partial charge >= 0.3 is 11.9 Å². The Morgan fingerprint density at radius 3 is 2.37 bits per heavy atom. The van der Waals surface area contributed by atoms with Gasteiger partial charge in [0.1, 0.15) is 11.8 Å². The van der Waals surface area contributed by atoms with Crippen molar-refractivity contribution in [1.29, 1.82) is 0 Å². The van der Waals surface area contributed by atoms with Gasteiger partial charge in [-0.25, -0.2) is 4.79 Å². The van der Waals surface area contributed by atoms with E-state index in [-0.39, 0.29) is 6.42 Å². The van der Waals surface area contributed by atoms with Crippen LogP contribution in [0.15, 0.2) is 4.52 Å². The zero-order chi connectivity index (χ0) is 14.6. The lowest BCUT2D eigenvalue weighted by Crippen LogP contribution is -2.42. The molecule has 104 valence electrons. The first-order chi connectivity index (χ1) is 8.81. The number of hydrogen-bond donors (Lipinski definition) is 3. The molecular formula is C11H14N2O6. The van der Waals surface area contributed by atoms with Gasteiger partial charge in [0.2, 0.25) is 5.91 Å². The van der Waals surface area contributed by atoms with Gasteiger partial charge in [0.05, 0.1) is 18.5 Å². The fourth-order valence-electron chi connectivity index (χ4n) is 1.53. The number of nitrogens with one attached hydrogen (secondary N) is 1. The molecule has 0 saturated carbocycles. The summed E-state index contributed by atoms with van der Waals surface area (Å²) in [4.78, 5) is 33.0. The highest BCUT2D eigenvalue weighted by Crippen LogP contribution is 2.12. The number of hydrogen-bond acceptors (Lipinski definition) is 5. The predicted molar refractivity (Wildman–Crippen MR) is 61.5 cm³/mol. The van der Waals surface area contributed by atoms with Crippen LogP contribution in [0.3, 0.4) is 0 Å². The maximum Gasteiger partial charge on any atom is 0.326 e. The number of aliphatic carboxylic acids is 2. The molecule has 0 aliphatic heterocycles. The lowest BCUT2D eigenvalue weighted by molar-refractivity contribution is -0.147. The summed E-state index contributed by atoms with van der Waals surface area (Å²) >= 11 is 0. The van der Waals surface area contributed by atoms with Crippen LogP contribution in [0.2, 0.25) is 0 Å². The summed E-state index contributed by atoms with van der Waals surface area (Å²) in [5.41, 5.74) is 1.11. The molecule has 0 aliphatic carbocycles. The number of amides is 1. The highest BCUT2D eigenvalue weighted by molar-refractivity contribution is 5.87. The quantitative estimate of drug-likeness (QED) is 0.656. The standard InChI is InChI=1S/C11H14N2O6/c1-5-7(6(2)19-13-5)3-9(14)12-8(11(17)18)4-10(15)16/h8H,3-4H2,1-2H3,(H,12,14)(H,15,16)(H,17,18)/t8-/m1/s1. The van der Waals surface area contributed by atoms with Crippen molar-refractivity contribution in [3.8, 4) is 0 Å². The van der Waals surface area contributed by atoms with Crippen molar-refractivity contribution in [2.45, 2.75) is 32.7 Å². The fraction of sp³-hybridized carbons (Fsp3) is 0.455. The first kappa shape index (κ1) is 14.7. The predicted octanol–water partition coefficient (Wildman–Crippen LogP) is -0.122. The van der Waals surface area contributed by atoms with E-state index in [1.54, 1.807) is 13.8 Å². The molecule has 19 heavy (non-hydrogen) atoms. The Kier molecular flexibility index (Phi) is 4.62. The molecule has 1 heterocycles. The molecule has 0 saturated heterocycles. The minimum absolute atomic E-state index is 0.107. The molecule has 3 N–H and O–H groups in total. The maximum atomic E-state index is 11.7. The van der Waals surface area contributed by atoms with Crippen molar-refractivity contribution in [2.75, 3.05) is 0 Å². The number of carbonyl (C=O) groups is 3. The molecule has 0 radical (unpaired) electrons. The summed E-state index contributed by atoms with van der Waals surface area (Å²) in [6.45, 7) is 3.29. The van der Waals surface area contributed by atoms with Crippen LogP contribution in [0.4, 0.5) is 0 Å². The van der Waals surface area contributed by atoms with Crippen molar-refractivity contribution in [1.82, 2.24) is 10.5 Å². The minimum Gasteiger partial charge on any atom is -0.481 e. The average Bonchev–Trinajstić information content (AvgIpc) is 2.59. The van der Waals surface area contributed by atoms with Crippen LogP contribution in [-0.2, 0) is 20.8 Å². The number of aryl methyl sites for hydroxylation is 2. The molecule has 1 atom stereocenters. The van der Waals surface area contributed by atoms with Gasteiger partial charge in [-0.3, -0.25) is 9.59 Å². The zero-order valence-corrected chi connectivity index (χ0v) is 10.5. The van der Waals surface area contributed by atoms with Crippen LogP contribution in [0.1, 0.15) is 23.4 Å². The number of carboxylic acids is 2. The van der Waals surface area contributed by atoms with Gasteiger partial charge in [-0.1, -0.05) is 5.16 Å². The lowest BCUT2D eigenvalue weighted by atomic mass is 10.1. The second-order valence-corrected chi connectivity index (χ2v) is 4.04. The van der Waals surface area contributed by atoms with E-state index in [0.717, 1.165) is 0 Å². The first-order valence-corrected chi connectivity index (χ1v) is 5.47. The summed E-state index contributed by atoms with van der Waals surface area (Å²) in [7, 11) is 0. The number of nitrogens with zero attached hydrogens (tertiary/aromatic N) is 1. The van der Waals surface area contributed by atoms with Gasteiger partial charge in [-0.05, 0) is 13.8 Å². The van der Waals surface area contributed by atoms with Crippen molar-refractivity contribution in [2.24, 2.45) is 0 Å². The van der Waals surface area contributed by atoms with E-state index in [1.807, 2.05) is 0 Å². The highest BCUT2D eigenvalue weighted by Gasteiger charge is 2.24. The molecule has 8 nitrogen and oxygen atoms in total. The lowest BCUT2D eigenvalue weighted by Gasteiger charge is -2.12. The molecule has 0 spiro atoms. The third-order valence-corrected chi connectivity index (χ3v) is 2.53. The Hall–Kier alpha value is -2.38. The Bertz CT molecular complexity index is 488. The summed E-state index contributed by atoms with van der Waals surface area (Å²) in [6, 6.07) is -1.45. The largest absolute Gasteiger partial charge is 0.481 e. The summed E-state index contributed by atoms with van der Waals surface area (Å²) < 4.78 is 4.87. The minimum atomic E-state index is -1.45. The molecule has 1 aromatic rings. The monoisotopic (exact) mass is 270 g/mol. The summed E-state index contributed by atoms with van der Waals surface area (Å²) in [5, 5.41) is 23.2. The smallest absolute Gasteiger partial charge is 0.326 e. The Labute approximate surface area is 108 Å². The van der Waals surface area contributed by atoms with Crippen LogP contribution < -0.4 is 5.32 Å². The summed E-state index contributed by atoms with van der Waals surface area (Å²) in [6.07, 6.45) is -0.784. The number of aromatic nitrogens is 1. The molecule has 0 fully saturated rings. The molecule has 0 unspecified atom stereocenters. The topological polar surface area (TPSA) is 130 Å². The maximum absolute atomic E-state index is 11.7. The Balaban J connectivity index is 2.68. The van der Waals surface area contributed by atoms with Gasteiger partial charge in [-0.15, -0.1) is 0 Å². The van der Waals surface area contributed by atoms with Gasteiger partial charge in [0.15, 0.2) is 0 Å². The molecule has 0 aliphatic rings. The fourth-order valence-corrected chi connectivity index (χ4v) is 1.53. The van der Waals surface area contributed by atoms with Crippen LogP contribution in [0, 0.1) is 13.8 Å². The molecule has 1 rings (SSSR count). The number of carbonyl (C=O) groups excluding carboxylic acids is 1. The van der Waals surface area contributed by atoms with E-state index in [0.29, 0.717) is 17.0 Å². The molecule has 8 heteroatoms. The third kappa shape index (κ3) is 4.09. The van der Waals surface area contributed by atoms with Gasteiger partial charge in [-0.2, -0.15) is 0 Å². The average molecular weight is 270 g/mol. The molecule has 1 amide bonds. The number of carboxylic acid groups (broad SMARTS) is 2. The van der Waals surface area contributed by atoms with Crippen molar-refractivity contribution < 1.29 is 29.1 Å². The molecule has 0 bridgehead atoms. The van der Waals surface area contributed by atoms with Crippen LogP contribution in [0.5, 0.6) is 0 Å². The zero-order valence-electron chi connectivity index (χ0n) is 10.5. The van der Waals surface area contributed by atoms with Crippen LogP contribution >= 0.6 is 0 Å². The van der Waals surface area contributed by atoms with E-state index in [1.165, 1.54) is 0 Å². The van der Waals surface area contributed by atoms with Crippen molar-refractivity contribution >= 4 is 17.8 Å². The molecule has 1 aromatic heterocycles. The third-order valence-electron chi connectivity index (χ3n) is 2.53. The van der Waals surface area contributed by atoms with Crippen LogP contribution in [0.25, 0.3) is 0 Å². The van der Waals surface area contributed by atoms with E-state index in [9.17, 15) is 14.4 Å². The Morgan fingerprint density at radius 2 is 1.95 bits per heavy atom. The number of rotatable bonds is 6. The second-order valence-electron chi connectivity index (χ2n) is 4.04. The van der Waals surface area contributed by atoms with Crippen molar-refractivity contribution in [3.63, 3.8) is 0 Å². The van der Waals surface area contributed by atoms with Gasteiger partial charge in [0.25, 0.3) is 0 Å². The summed E-state index contributed by atoms with van der Waals surface area (Å²) in [5.74, 6) is -2.82. The van der Waals surface area contributed by atoms with Gasteiger partial charge in [0, 0.05) is 5.56 Å². The second kappa shape index (κ2) is 5.98. The van der Waals surface area contributed by atoms with Crippen molar-refractivity contribution in [3.05, 3.63) is 17.0 Å². The normalized spacial score (nSPS) is 11.9. The SMILES string of the molecule is Cc1noc(C)c1CC(=O)N[C@H](CC(=O)O)C(=O)O. The van der Waals surface area contributed by atoms with E-state index in [2.05, 4.69) is 10.5 Å². The first-order valence-electron chi connectivity index (χ1n) is 5.47. The highest BCUT2D eigenvalue weighted by atomic mass is 16.5. The van der Waals surface area contributed by atoms with E-state index < -0.39 is 30.3 Å². The van der Waals surface area contributed by atoms with Crippen LogP contribution in [-0.4, -0.2) is 39.3 Å². The molecule has 0 aromatic carbocycles. The van der Waals surface area contributed by atoms with Gasteiger partial charge < -0.3 is 20.1 Å². The molecular weight excluding hydrogens is 256 g/mol. The Morgan fingerprint density at radius 1 is 1.32 bits per heavy atom. The van der Waals surface area contributed by atoms with E-state index >= 15 is 0 Å². The van der Waals surface area contributed by atoms with E-state index in [4.69, 9.17) is 14.7 Å².